The van der Waals surface area contributed by atoms with Gasteiger partial charge >= 0.3 is 0 Å². The molecule has 0 bridgehead atoms. The van der Waals surface area contributed by atoms with Crippen molar-refractivity contribution in [3.05, 3.63) is 41.6 Å². The number of anilines is 1. The number of nitrogens with zero attached hydrogens (tertiary/aromatic N) is 2. The second-order valence-corrected chi connectivity index (χ2v) is 6.55. The molecule has 1 fully saturated rings. The Kier molecular flexibility index (Phi) is 4.88. The lowest BCUT2D eigenvalue weighted by molar-refractivity contribution is -0.116. The van der Waals surface area contributed by atoms with Crippen LogP contribution in [0.25, 0.3) is 0 Å². The first-order chi connectivity index (χ1) is 11.6. The van der Waals surface area contributed by atoms with E-state index in [1.54, 1.807) is 7.11 Å². The van der Waals surface area contributed by atoms with Gasteiger partial charge in [-0.05, 0) is 50.7 Å². The number of carbonyl (C=O) groups is 1. The van der Waals surface area contributed by atoms with Crippen molar-refractivity contribution in [2.75, 3.05) is 12.4 Å². The van der Waals surface area contributed by atoms with Crippen LogP contribution in [0.15, 0.2) is 30.3 Å². The maximum absolute atomic E-state index is 12.4. The van der Waals surface area contributed by atoms with E-state index in [-0.39, 0.29) is 5.91 Å². The summed E-state index contributed by atoms with van der Waals surface area (Å²) in [5.74, 6) is 2.32. The van der Waals surface area contributed by atoms with Crippen molar-refractivity contribution in [1.82, 2.24) is 9.78 Å². The van der Waals surface area contributed by atoms with Crippen molar-refractivity contribution >= 4 is 11.7 Å². The number of rotatable bonds is 7. The molecule has 0 saturated heterocycles. The predicted molar refractivity (Wildman–Crippen MR) is 94.3 cm³/mol. The second-order valence-electron chi connectivity index (χ2n) is 6.55. The van der Waals surface area contributed by atoms with Crippen LogP contribution in [0.4, 0.5) is 5.82 Å². The third-order valence-electron chi connectivity index (χ3n) is 4.63. The van der Waals surface area contributed by atoms with E-state index >= 15 is 0 Å². The second kappa shape index (κ2) is 7.07. The fourth-order valence-corrected chi connectivity index (χ4v) is 3.06. The third-order valence-corrected chi connectivity index (χ3v) is 4.63. The van der Waals surface area contributed by atoms with Crippen LogP contribution in [0.3, 0.4) is 0 Å². The zero-order chi connectivity index (χ0) is 17.1. The fourth-order valence-electron chi connectivity index (χ4n) is 3.06. The quantitative estimate of drug-likeness (QED) is 0.843. The van der Waals surface area contributed by atoms with Gasteiger partial charge < -0.3 is 10.1 Å². The van der Waals surface area contributed by atoms with Crippen LogP contribution in [-0.4, -0.2) is 22.8 Å². The Balaban J connectivity index is 1.63. The normalized spacial score (nSPS) is 15.1. The predicted octanol–water partition coefficient (Wildman–Crippen LogP) is 3.74. The minimum atomic E-state index is 0.00468. The zero-order valence-corrected chi connectivity index (χ0v) is 14.6. The van der Waals surface area contributed by atoms with E-state index in [0.29, 0.717) is 24.8 Å². The van der Waals surface area contributed by atoms with E-state index in [0.717, 1.165) is 22.8 Å². The smallest absolute Gasteiger partial charge is 0.225 e. The number of methoxy groups -OCH3 is 1. The Morgan fingerprint density at radius 3 is 2.88 bits per heavy atom. The Hall–Kier alpha value is -2.30. The lowest BCUT2D eigenvalue weighted by Crippen LogP contribution is -2.18. The van der Waals surface area contributed by atoms with Gasteiger partial charge in [-0.25, -0.2) is 4.68 Å². The first-order valence-electron chi connectivity index (χ1n) is 8.56. The van der Waals surface area contributed by atoms with Crippen LogP contribution < -0.4 is 10.1 Å². The highest BCUT2D eigenvalue weighted by atomic mass is 16.5. The molecule has 1 unspecified atom stereocenters. The van der Waals surface area contributed by atoms with Crippen molar-refractivity contribution < 1.29 is 9.53 Å². The summed E-state index contributed by atoms with van der Waals surface area (Å²) >= 11 is 0. The largest absolute Gasteiger partial charge is 0.496 e. The standard InChI is InChI=1S/C19H25N3O2/c1-13-12-18(22(21-13)14(2)15-8-9-15)20-19(23)11-10-16-6-4-5-7-17(16)24-3/h4-7,12,14-15H,8-11H2,1-3H3,(H,20,23). The summed E-state index contributed by atoms with van der Waals surface area (Å²) in [5.41, 5.74) is 1.98. The number of hydrogen-bond acceptors (Lipinski definition) is 3. The molecule has 5 heteroatoms. The molecule has 1 heterocycles. The van der Waals surface area contributed by atoms with Crippen molar-refractivity contribution in [3.8, 4) is 5.75 Å². The van der Waals surface area contributed by atoms with Crippen LogP contribution in [0.2, 0.25) is 0 Å². The molecule has 1 N–H and O–H groups in total. The molecule has 0 radical (unpaired) electrons. The van der Waals surface area contributed by atoms with E-state index in [9.17, 15) is 4.79 Å². The van der Waals surface area contributed by atoms with E-state index in [2.05, 4.69) is 17.3 Å². The molecule has 1 aliphatic rings. The van der Waals surface area contributed by atoms with E-state index in [1.165, 1.54) is 12.8 Å². The van der Waals surface area contributed by atoms with Gasteiger partial charge in [-0.3, -0.25) is 4.79 Å². The van der Waals surface area contributed by atoms with Crippen LogP contribution in [0.5, 0.6) is 5.75 Å². The van der Waals surface area contributed by atoms with Crippen LogP contribution in [0.1, 0.15) is 43.5 Å². The summed E-state index contributed by atoms with van der Waals surface area (Å²) in [4.78, 5) is 12.4. The van der Waals surface area contributed by atoms with Crippen LogP contribution in [-0.2, 0) is 11.2 Å². The lowest BCUT2D eigenvalue weighted by Gasteiger charge is -2.15. The lowest BCUT2D eigenvalue weighted by atomic mass is 10.1. The van der Waals surface area contributed by atoms with Crippen molar-refractivity contribution in [2.45, 2.75) is 45.6 Å². The molecule has 5 nitrogen and oxygen atoms in total. The van der Waals surface area contributed by atoms with Gasteiger partial charge in [0.25, 0.3) is 0 Å². The average Bonchev–Trinajstić information content (AvgIpc) is 3.36. The molecule has 1 aromatic heterocycles. The number of carbonyl (C=O) groups excluding carboxylic acids is 1. The Bertz CT molecular complexity index is 719. The first-order valence-corrected chi connectivity index (χ1v) is 8.56. The van der Waals surface area contributed by atoms with Gasteiger partial charge in [0, 0.05) is 12.5 Å². The molecule has 1 atom stereocenters. The molecule has 2 aromatic rings. The molecular formula is C19H25N3O2. The molecule has 0 spiro atoms. The van der Waals surface area contributed by atoms with Crippen LogP contribution in [0, 0.1) is 12.8 Å². The first kappa shape index (κ1) is 16.6. The number of nitrogens with one attached hydrogen (secondary N) is 1. The molecule has 1 amide bonds. The number of benzene rings is 1. The molecule has 1 aliphatic carbocycles. The number of hydrogen-bond donors (Lipinski definition) is 1. The fraction of sp³-hybridized carbons (Fsp3) is 0.474. The number of ether oxygens (including phenoxy) is 1. The number of aryl methyl sites for hydroxylation is 2. The van der Waals surface area contributed by atoms with E-state index < -0.39 is 0 Å². The highest BCUT2D eigenvalue weighted by Crippen LogP contribution is 2.40. The van der Waals surface area contributed by atoms with Crippen molar-refractivity contribution in [1.29, 1.82) is 0 Å². The minimum Gasteiger partial charge on any atom is -0.496 e. The summed E-state index contributed by atoms with van der Waals surface area (Å²) < 4.78 is 7.30. The summed E-state index contributed by atoms with van der Waals surface area (Å²) in [7, 11) is 1.65. The van der Waals surface area contributed by atoms with E-state index in [4.69, 9.17) is 4.74 Å². The number of amides is 1. The van der Waals surface area contributed by atoms with Gasteiger partial charge in [0.15, 0.2) is 0 Å². The monoisotopic (exact) mass is 327 g/mol. The average molecular weight is 327 g/mol. The summed E-state index contributed by atoms with van der Waals surface area (Å²) in [6.45, 7) is 4.13. The molecule has 24 heavy (non-hydrogen) atoms. The van der Waals surface area contributed by atoms with Crippen LogP contribution >= 0.6 is 0 Å². The van der Waals surface area contributed by atoms with Crippen molar-refractivity contribution in [2.24, 2.45) is 5.92 Å². The number of para-hydroxylation sites is 1. The highest BCUT2D eigenvalue weighted by Gasteiger charge is 2.31. The topological polar surface area (TPSA) is 56.1 Å². The molecule has 1 saturated carbocycles. The van der Waals surface area contributed by atoms with Gasteiger partial charge in [-0.15, -0.1) is 0 Å². The zero-order valence-electron chi connectivity index (χ0n) is 14.6. The maximum Gasteiger partial charge on any atom is 0.225 e. The molecule has 0 aliphatic heterocycles. The van der Waals surface area contributed by atoms with Gasteiger partial charge in [-0.1, -0.05) is 18.2 Å². The van der Waals surface area contributed by atoms with E-state index in [1.807, 2.05) is 41.9 Å². The number of aromatic nitrogens is 2. The SMILES string of the molecule is COc1ccccc1CCC(=O)Nc1cc(C)nn1C(C)C1CC1. The Morgan fingerprint density at radius 1 is 1.42 bits per heavy atom. The van der Waals surface area contributed by atoms with Gasteiger partial charge in [0.05, 0.1) is 18.8 Å². The van der Waals surface area contributed by atoms with Gasteiger partial charge in [0.2, 0.25) is 5.91 Å². The summed E-state index contributed by atoms with van der Waals surface area (Å²) in [6.07, 6.45) is 3.58. The van der Waals surface area contributed by atoms with Gasteiger partial charge in [0.1, 0.15) is 11.6 Å². The molecule has 128 valence electrons. The molecule has 1 aromatic carbocycles. The molecular weight excluding hydrogens is 302 g/mol. The maximum atomic E-state index is 12.4. The Morgan fingerprint density at radius 2 is 2.17 bits per heavy atom. The minimum absolute atomic E-state index is 0.00468. The molecule has 3 rings (SSSR count). The summed E-state index contributed by atoms with van der Waals surface area (Å²) in [6, 6.07) is 10.1. The summed E-state index contributed by atoms with van der Waals surface area (Å²) in [5, 5.41) is 7.58. The van der Waals surface area contributed by atoms with Crippen molar-refractivity contribution in [3.63, 3.8) is 0 Å². The highest BCUT2D eigenvalue weighted by molar-refractivity contribution is 5.90. The van der Waals surface area contributed by atoms with Gasteiger partial charge in [-0.2, -0.15) is 5.10 Å². The Labute approximate surface area is 143 Å². The third kappa shape index (κ3) is 3.78.